The molecule has 0 saturated heterocycles. The highest BCUT2D eigenvalue weighted by molar-refractivity contribution is 7.14. The lowest BCUT2D eigenvalue weighted by atomic mass is 10.2. The Morgan fingerprint density at radius 1 is 1.38 bits per heavy atom. The van der Waals surface area contributed by atoms with Crippen molar-refractivity contribution in [3.63, 3.8) is 0 Å². The first-order valence-electron chi connectivity index (χ1n) is 7.94. The number of aromatic nitrogens is 3. The summed E-state index contributed by atoms with van der Waals surface area (Å²) in [6.45, 7) is 6.07. The van der Waals surface area contributed by atoms with E-state index in [1.165, 1.54) is 11.3 Å². The third kappa shape index (κ3) is 5.93. The predicted molar refractivity (Wildman–Crippen MR) is 92.3 cm³/mol. The van der Waals surface area contributed by atoms with Gasteiger partial charge in [0, 0.05) is 23.9 Å². The van der Waals surface area contributed by atoms with Crippen molar-refractivity contribution >= 4 is 17.4 Å². The summed E-state index contributed by atoms with van der Waals surface area (Å²) in [5.74, 6) is 0. The summed E-state index contributed by atoms with van der Waals surface area (Å²) in [7, 11) is 0. The largest absolute Gasteiger partial charge is 0.444 e. The smallest absolute Gasteiger partial charge is 0.407 e. The van der Waals surface area contributed by atoms with Crippen LogP contribution in [0.15, 0.2) is 18.6 Å². The van der Waals surface area contributed by atoms with E-state index in [9.17, 15) is 4.79 Å². The number of ether oxygens (including phenoxy) is 1. The maximum absolute atomic E-state index is 11.7. The Kier molecular flexibility index (Phi) is 6.33. The summed E-state index contributed by atoms with van der Waals surface area (Å²) >= 11 is 1.47. The molecule has 0 bridgehead atoms. The van der Waals surface area contributed by atoms with Crippen molar-refractivity contribution in [3.05, 3.63) is 29.0 Å². The molecule has 0 aliphatic heterocycles. The van der Waals surface area contributed by atoms with Gasteiger partial charge in [0.05, 0.1) is 12.7 Å². The number of hydrogen-bond acceptors (Lipinski definition) is 6. The molecule has 0 radical (unpaired) electrons. The van der Waals surface area contributed by atoms with Gasteiger partial charge in [-0.2, -0.15) is 5.10 Å². The van der Waals surface area contributed by atoms with Crippen LogP contribution in [0, 0.1) is 0 Å². The number of hydrogen-bond donors (Lipinski definition) is 2. The van der Waals surface area contributed by atoms with E-state index in [0.717, 1.165) is 34.8 Å². The number of aliphatic hydroxyl groups is 1. The summed E-state index contributed by atoms with van der Waals surface area (Å²) in [5.41, 5.74) is 0.608. The first-order valence-corrected chi connectivity index (χ1v) is 8.75. The molecule has 24 heavy (non-hydrogen) atoms. The third-order valence-corrected chi connectivity index (χ3v) is 4.04. The molecule has 7 nitrogen and oxygen atoms in total. The van der Waals surface area contributed by atoms with Gasteiger partial charge in [0.25, 0.3) is 0 Å². The zero-order chi connectivity index (χ0) is 17.6. The Morgan fingerprint density at radius 2 is 2.17 bits per heavy atom. The lowest BCUT2D eigenvalue weighted by molar-refractivity contribution is 0.0524. The van der Waals surface area contributed by atoms with Crippen LogP contribution < -0.4 is 5.32 Å². The van der Waals surface area contributed by atoms with Crippen LogP contribution in [-0.4, -0.2) is 38.2 Å². The van der Waals surface area contributed by atoms with Gasteiger partial charge >= 0.3 is 6.09 Å². The molecule has 0 aromatic carbocycles. The second-order valence-corrected chi connectivity index (χ2v) is 7.53. The number of aliphatic hydroxyl groups excluding tert-OH is 1. The quantitative estimate of drug-likeness (QED) is 0.748. The van der Waals surface area contributed by atoms with E-state index >= 15 is 0 Å². The zero-order valence-electron chi connectivity index (χ0n) is 14.3. The van der Waals surface area contributed by atoms with Crippen molar-refractivity contribution in [1.29, 1.82) is 0 Å². The molecule has 2 N–H and O–H groups in total. The standard InChI is InChI=1S/C16H24N4O3S/c1-16(2,3)23-15(22)18-10-13-9-17-14(24-13)20-11-12(8-19-20)6-4-5-7-21/h8-9,11,21H,4-7,10H2,1-3H3,(H,18,22). The van der Waals surface area contributed by atoms with Crippen molar-refractivity contribution in [1.82, 2.24) is 20.1 Å². The molecule has 0 atom stereocenters. The van der Waals surface area contributed by atoms with E-state index in [-0.39, 0.29) is 6.61 Å². The molecular weight excluding hydrogens is 328 g/mol. The van der Waals surface area contributed by atoms with Crippen LogP contribution in [0.25, 0.3) is 5.13 Å². The zero-order valence-corrected chi connectivity index (χ0v) is 15.1. The Balaban J connectivity index is 1.87. The number of carbonyl (C=O) groups is 1. The minimum Gasteiger partial charge on any atom is -0.444 e. The molecule has 0 unspecified atom stereocenters. The molecule has 1 amide bonds. The monoisotopic (exact) mass is 352 g/mol. The number of nitrogens with one attached hydrogen (secondary N) is 1. The summed E-state index contributed by atoms with van der Waals surface area (Å²) in [6.07, 6.45) is 7.67. The maximum Gasteiger partial charge on any atom is 0.407 e. The number of aryl methyl sites for hydroxylation is 1. The first kappa shape index (κ1) is 18.4. The molecule has 0 saturated carbocycles. The summed E-state index contributed by atoms with van der Waals surface area (Å²) in [6, 6.07) is 0. The first-order chi connectivity index (χ1) is 11.4. The summed E-state index contributed by atoms with van der Waals surface area (Å²) < 4.78 is 6.93. The molecule has 2 aromatic heterocycles. The lowest BCUT2D eigenvalue weighted by Crippen LogP contribution is -2.31. The normalized spacial score (nSPS) is 11.5. The maximum atomic E-state index is 11.7. The molecule has 0 fully saturated rings. The predicted octanol–water partition coefficient (Wildman–Crippen LogP) is 2.67. The van der Waals surface area contributed by atoms with Gasteiger partial charge in [0.2, 0.25) is 5.13 Å². The average Bonchev–Trinajstić information content (AvgIpc) is 3.12. The molecule has 8 heteroatoms. The number of amides is 1. The Hall–Kier alpha value is -1.93. The van der Waals surface area contributed by atoms with Gasteiger partial charge in [-0.05, 0) is 45.6 Å². The second kappa shape index (κ2) is 8.25. The molecular formula is C16H24N4O3S. The van der Waals surface area contributed by atoms with E-state index in [2.05, 4.69) is 15.4 Å². The van der Waals surface area contributed by atoms with Crippen molar-refractivity contribution < 1.29 is 14.6 Å². The molecule has 2 heterocycles. The number of nitrogens with zero attached hydrogens (tertiary/aromatic N) is 3. The third-order valence-electron chi connectivity index (χ3n) is 3.05. The SMILES string of the molecule is CC(C)(C)OC(=O)NCc1cnc(-n2cc(CCCCO)cn2)s1. The topological polar surface area (TPSA) is 89.3 Å². The Morgan fingerprint density at radius 3 is 2.88 bits per heavy atom. The number of thiazole rings is 1. The van der Waals surface area contributed by atoms with Crippen LogP contribution in [0.5, 0.6) is 0 Å². The molecule has 2 aromatic rings. The van der Waals surface area contributed by atoms with Crippen molar-refractivity contribution in [3.8, 4) is 5.13 Å². The second-order valence-electron chi connectivity index (χ2n) is 6.44. The van der Waals surface area contributed by atoms with E-state index < -0.39 is 11.7 Å². The van der Waals surface area contributed by atoms with Crippen LogP contribution in [0.3, 0.4) is 0 Å². The Bertz CT molecular complexity index is 660. The highest BCUT2D eigenvalue weighted by atomic mass is 32.1. The fourth-order valence-corrected chi connectivity index (χ4v) is 2.78. The minimum absolute atomic E-state index is 0.217. The van der Waals surface area contributed by atoms with E-state index in [1.54, 1.807) is 10.9 Å². The molecule has 0 spiro atoms. The lowest BCUT2D eigenvalue weighted by Gasteiger charge is -2.19. The minimum atomic E-state index is -0.509. The summed E-state index contributed by atoms with van der Waals surface area (Å²) in [4.78, 5) is 16.9. The molecule has 0 aliphatic carbocycles. The van der Waals surface area contributed by atoms with E-state index in [4.69, 9.17) is 9.84 Å². The molecule has 132 valence electrons. The van der Waals surface area contributed by atoms with Crippen LogP contribution in [0.1, 0.15) is 44.1 Å². The number of carbonyl (C=O) groups excluding carboxylic acids is 1. The fourth-order valence-electron chi connectivity index (χ4n) is 1.99. The Labute approximate surface area is 145 Å². The van der Waals surface area contributed by atoms with Crippen molar-refractivity contribution in [2.75, 3.05) is 6.61 Å². The molecule has 0 aliphatic rings. The van der Waals surface area contributed by atoms with Gasteiger partial charge in [0.1, 0.15) is 5.60 Å². The number of rotatable bonds is 7. The molecule has 2 rings (SSSR count). The van der Waals surface area contributed by atoms with Gasteiger partial charge in [0.15, 0.2) is 0 Å². The summed E-state index contributed by atoms with van der Waals surface area (Å²) in [5, 5.41) is 16.6. The van der Waals surface area contributed by atoms with Crippen LogP contribution in [0.2, 0.25) is 0 Å². The van der Waals surface area contributed by atoms with Crippen molar-refractivity contribution in [2.45, 2.75) is 52.2 Å². The van der Waals surface area contributed by atoms with Gasteiger partial charge < -0.3 is 15.2 Å². The van der Waals surface area contributed by atoms with Crippen molar-refractivity contribution in [2.24, 2.45) is 0 Å². The van der Waals surface area contributed by atoms with Gasteiger partial charge in [-0.3, -0.25) is 0 Å². The number of alkyl carbamates (subject to hydrolysis) is 1. The van der Waals surface area contributed by atoms with Gasteiger partial charge in [-0.25, -0.2) is 14.5 Å². The highest BCUT2D eigenvalue weighted by Crippen LogP contribution is 2.18. The highest BCUT2D eigenvalue weighted by Gasteiger charge is 2.16. The van der Waals surface area contributed by atoms with Gasteiger partial charge in [-0.1, -0.05) is 11.3 Å². The van der Waals surface area contributed by atoms with Crippen LogP contribution in [-0.2, 0) is 17.7 Å². The van der Waals surface area contributed by atoms with E-state index in [1.807, 2.05) is 33.2 Å². The van der Waals surface area contributed by atoms with Crippen LogP contribution >= 0.6 is 11.3 Å². The van der Waals surface area contributed by atoms with E-state index in [0.29, 0.717) is 6.54 Å². The van der Waals surface area contributed by atoms with Crippen LogP contribution in [0.4, 0.5) is 4.79 Å². The average molecular weight is 352 g/mol. The number of unbranched alkanes of at least 4 members (excludes halogenated alkanes) is 1. The fraction of sp³-hybridized carbons (Fsp3) is 0.562. The van der Waals surface area contributed by atoms with Gasteiger partial charge in [-0.15, -0.1) is 0 Å².